The quantitative estimate of drug-likeness (QED) is 0.927. The van der Waals surface area contributed by atoms with Gasteiger partial charge in [-0.15, -0.1) is 0 Å². The van der Waals surface area contributed by atoms with E-state index in [9.17, 15) is 13.2 Å². The molecule has 116 valence electrons. The van der Waals surface area contributed by atoms with Crippen LogP contribution in [0, 0.1) is 6.92 Å². The Morgan fingerprint density at radius 2 is 1.76 bits per heavy atom. The zero-order chi connectivity index (χ0) is 15.5. The van der Waals surface area contributed by atoms with Crippen LogP contribution in [-0.4, -0.2) is 39.4 Å². The molecule has 0 radical (unpaired) electrons. The lowest BCUT2D eigenvalue weighted by Gasteiger charge is -2.21. The van der Waals surface area contributed by atoms with Gasteiger partial charge in [0.2, 0.25) is 10.0 Å². The molecule has 1 N–H and O–H groups in total. The van der Waals surface area contributed by atoms with Crippen molar-refractivity contribution in [2.24, 2.45) is 0 Å². The average Bonchev–Trinajstić information content (AvgIpc) is 2.76. The van der Waals surface area contributed by atoms with E-state index in [1.165, 1.54) is 19.2 Å². The fraction of sp³-hybridized carbons (Fsp3) is 0.533. The molecule has 1 aromatic carbocycles. The van der Waals surface area contributed by atoms with Gasteiger partial charge in [0.05, 0.1) is 4.90 Å². The Morgan fingerprint density at radius 3 is 2.33 bits per heavy atom. The third-order valence-electron chi connectivity index (χ3n) is 3.91. The number of likely N-dealkylation sites (tertiary alicyclic amines) is 1. The first-order valence-electron chi connectivity index (χ1n) is 7.29. The van der Waals surface area contributed by atoms with Crippen LogP contribution in [0.2, 0.25) is 0 Å². The van der Waals surface area contributed by atoms with Gasteiger partial charge in [-0.05, 0) is 44.5 Å². The van der Waals surface area contributed by atoms with E-state index in [1.54, 1.807) is 6.07 Å². The molecule has 0 spiro atoms. The average molecular weight is 310 g/mol. The number of carbonyl (C=O) groups excluding carboxylic acids is 1. The molecule has 1 aliphatic heterocycles. The molecular weight excluding hydrogens is 288 g/mol. The van der Waals surface area contributed by atoms with Crippen LogP contribution in [0.3, 0.4) is 0 Å². The van der Waals surface area contributed by atoms with E-state index >= 15 is 0 Å². The van der Waals surface area contributed by atoms with Gasteiger partial charge in [-0.3, -0.25) is 4.79 Å². The van der Waals surface area contributed by atoms with E-state index in [0.29, 0.717) is 5.56 Å². The molecule has 0 atom stereocenters. The van der Waals surface area contributed by atoms with Crippen molar-refractivity contribution in [2.75, 3.05) is 20.1 Å². The highest BCUT2D eigenvalue weighted by Gasteiger charge is 2.21. The lowest BCUT2D eigenvalue weighted by atomic mass is 10.1. The number of nitrogens with one attached hydrogen (secondary N) is 1. The maximum Gasteiger partial charge on any atom is 0.254 e. The van der Waals surface area contributed by atoms with E-state index in [2.05, 4.69) is 4.72 Å². The minimum absolute atomic E-state index is 0.0671. The SMILES string of the molecule is CNS(=O)(=O)c1ccc(C)c(C(=O)N2CCCCCC2)c1. The molecule has 1 heterocycles. The minimum atomic E-state index is -3.53. The summed E-state index contributed by atoms with van der Waals surface area (Å²) in [6.45, 7) is 3.34. The fourth-order valence-electron chi connectivity index (χ4n) is 2.56. The van der Waals surface area contributed by atoms with Crippen molar-refractivity contribution in [1.82, 2.24) is 9.62 Å². The van der Waals surface area contributed by atoms with Crippen LogP contribution in [0.1, 0.15) is 41.6 Å². The number of sulfonamides is 1. The highest BCUT2D eigenvalue weighted by Crippen LogP contribution is 2.19. The molecule has 0 unspecified atom stereocenters. The summed E-state index contributed by atoms with van der Waals surface area (Å²) in [7, 11) is -2.16. The molecule has 1 amide bonds. The lowest BCUT2D eigenvalue weighted by Crippen LogP contribution is -2.32. The second-order valence-corrected chi connectivity index (χ2v) is 7.28. The van der Waals surface area contributed by atoms with Crippen LogP contribution < -0.4 is 4.72 Å². The van der Waals surface area contributed by atoms with Gasteiger partial charge < -0.3 is 4.90 Å². The smallest absolute Gasteiger partial charge is 0.254 e. The van der Waals surface area contributed by atoms with Gasteiger partial charge in [0, 0.05) is 18.7 Å². The molecule has 0 bridgehead atoms. The maximum absolute atomic E-state index is 12.7. The Balaban J connectivity index is 2.34. The predicted molar refractivity (Wildman–Crippen MR) is 81.8 cm³/mol. The molecule has 1 saturated heterocycles. The second kappa shape index (κ2) is 6.58. The number of amides is 1. The Labute approximate surface area is 126 Å². The summed E-state index contributed by atoms with van der Waals surface area (Å²) in [5.74, 6) is -0.0671. The molecule has 2 rings (SSSR count). The summed E-state index contributed by atoms with van der Waals surface area (Å²) in [5.41, 5.74) is 1.28. The third-order valence-corrected chi connectivity index (χ3v) is 5.32. The van der Waals surface area contributed by atoms with Gasteiger partial charge in [0.25, 0.3) is 5.91 Å². The van der Waals surface area contributed by atoms with Crippen molar-refractivity contribution < 1.29 is 13.2 Å². The number of benzene rings is 1. The summed E-state index contributed by atoms with van der Waals surface area (Å²) in [4.78, 5) is 14.6. The first-order valence-corrected chi connectivity index (χ1v) is 8.77. The Kier molecular flexibility index (Phi) is 5.00. The molecule has 1 aliphatic rings. The van der Waals surface area contributed by atoms with Gasteiger partial charge in [-0.2, -0.15) is 0 Å². The van der Waals surface area contributed by atoms with Crippen LogP contribution >= 0.6 is 0 Å². The summed E-state index contributed by atoms with van der Waals surface area (Å²) < 4.78 is 26.0. The lowest BCUT2D eigenvalue weighted by molar-refractivity contribution is 0.0760. The fourth-order valence-corrected chi connectivity index (χ4v) is 3.32. The zero-order valence-electron chi connectivity index (χ0n) is 12.6. The van der Waals surface area contributed by atoms with Crippen LogP contribution in [0.4, 0.5) is 0 Å². The number of hydrogen-bond donors (Lipinski definition) is 1. The summed E-state index contributed by atoms with van der Waals surface area (Å²) in [6, 6.07) is 4.70. The molecule has 0 aliphatic carbocycles. The predicted octanol–water partition coefficient (Wildman–Crippen LogP) is 1.92. The molecule has 1 fully saturated rings. The van der Waals surface area contributed by atoms with E-state index in [1.807, 2.05) is 11.8 Å². The summed E-state index contributed by atoms with van der Waals surface area (Å²) in [5, 5.41) is 0. The number of aryl methyl sites for hydroxylation is 1. The number of hydrogen-bond acceptors (Lipinski definition) is 3. The monoisotopic (exact) mass is 310 g/mol. The Hall–Kier alpha value is -1.40. The van der Waals surface area contributed by atoms with Crippen LogP contribution in [-0.2, 0) is 10.0 Å². The number of nitrogens with zero attached hydrogens (tertiary/aromatic N) is 1. The van der Waals surface area contributed by atoms with Gasteiger partial charge in [0.1, 0.15) is 0 Å². The number of carbonyl (C=O) groups is 1. The molecule has 6 heteroatoms. The first-order chi connectivity index (χ1) is 9.95. The first kappa shape index (κ1) is 16.0. The van der Waals surface area contributed by atoms with Gasteiger partial charge in [-0.1, -0.05) is 18.9 Å². The Morgan fingerprint density at radius 1 is 1.14 bits per heavy atom. The van der Waals surface area contributed by atoms with Gasteiger partial charge in [-0.25, -0.2) is 13.1 Å². The zero-order valence-corrected chi connectivity index (χ0v) is 13.4. The third kappa shape index (κ3) is 3.63. The molecule has 5 nitrogen and oxygen atoms in total. The van der Waals surface area contributed by atoms with Crippen molar-refractivity contribution in [3.8, 4) is 0 Å². The van der Waals surface area contributed by atoms with Gasteiger partial charge in [0.15, 0.2) is 0 Å². The molecule has 1 aromatic rings. The van der Waals surface area contributed by atoms with Crippen molar-refractivity contribution >= 4 is 15.9 Å². The van der Waals surface area contributed by atoms with Crippen molar-refractivity contribution in [2.45, 2.75) is 37.5 Å². The van der Waals surface area contributed by atoms with Crippen LogP contribution in [0.25, 0.3) is 0 Å². The van der Waals surface area contributed by atoms with Gasteiger partial charge >= 0.3 is 0 Å². The maximum atomic E-state index is 12.7. The summed E-state index contributed by atoms with van der Waals surface area (Å²) in [6.07, 6.45) is 4.33. The summed E-state index contributed by atoms with van der Waals surface area (Å²) >= 11 is 0. The molecular formula is C15H22N2O3S. The number of rotatable bonds is 3. The largest absolute Gasteiger partial charge is 0.339 e. The Bertz CT molecular complexity index is 618. The highest BCUT2D eigenvalue weighted by atomic mass is 32.2. The van der Waals surface area contributed by atoms with Crippen LogP contribution in [0.5, 0.6) is 0 Å². The van der Waals surface area contributed by atoms with E-state index in [4.69, 9.17) is 0 Å². The minimum Gasteiger partial charge on any atom is -0.339 e. The van der Waals surface area contributed by atoms with Crippen molar-refractivity contribution in [1.29, 1.82) is 0 Å². The van der Waals surface area contributed by atoms with Crippen molar-refractivity contribution in [3.63, 3.8) is 0 Å². The van der Waals surface area contributed by atoms with Crippen LogP contribution in [0.15, 0.2) is 23.1 Å². The standard InChI is InChI=1S/C15H22N2O3S/c1-12-7-8-13(21(19,20)16-2)11-14(12)15(18)17-9-5-3-4-6-10-17/h7-8,11,16H,3-6,9-10H2,1-2H3. The highest BCUT2D eigenvalue weighted by molar-refractivity contribution is 7.89. The topological polar surface area (TPSA) is 66.5 Å². The molecule has 0 aromatic heterocycles. The molecule has 0 saturated carbocycles. The van der Waals surface area contributed by atoms with Crippen molar-refractivity contribution in [3.05, 3.63) is 29.3 Å². The van der Waals surface area contributed by atoms with E-state index < -0.39 is 10.0 Å². The normalized spacial score (nSPS) is 16.6. The molecule has 21 heavy (non-hydrogen) atoms. The van der Waals surface area contributed by atoms with E-state index in [0.717, 1.165) is 44.3 Å². The second-order valence-electron chi connectivity index (χ2n) is 5.39. The van der Waals surface area contributed by atoms with E-state index in [-0.39, 0.29) is 10.8 Å².